The summed E-state index contributed by atoms with van der Waals surface area (Å²) in [5, 5.41) is 11.0. The second-order valence-corrected chi connectivity index (χ2v) is 3.28. The van der Waals surface area contributed by atoms with E-state index in [4.69, 9.17) is 4.42 Å². The molecule has 5 nitrogen and oxygen atoms in total. The number of rotatable bonds is 6. The Bertz CT molecular complexity index is 261. The van der Waals surface area contributed by atoms with Gasteiger partial charge in [0.2, 0.25) is 11.8 Å². The van der Waals surface area contributed by atoms with Gasteiger partial charge in [-0.1, -0.05) is 6.92 Å². The Kier molecular flexibility index (Phi) is 4.55. The maximum Gasteiger partial charge on any atom is 0.230 e. The Morgan fingerprint density at radius 3 is 2.64 bits per heavy atom. The van der Waals surface area contributed by atoms with Gasteiger partial charge in [-0.05, 0) is 14.1 Å². The number of aryl methyl sites for hydroxylation is 1. The highest BCUT2D eigenvalue weighted by Crippen LogP contribution is 2.02. The normalized spacial score (nSPS) is 11.1. The highest BCUT2D eigenvalue weighted by molar-refractivity contribution is 4.80. The van der Waals surface area contributed by atoms with Crippen LogP contribution in [0.3, 0.4) is 0 Å². The first-order chi connectivity index (χ1) is 6.76. The van der Waals surface area contributed by atoms with Gasteiger partial charge in [0.25, 0.3) is 0 Å². The SMILES string of the molecule is CCc1nnc(CN(C)CCNC)o1. The number of hydrogen-bond donors (Lipinski definition) is 1. The standard InChI is InChI=1S/C9H18N4O/c1-4-8-11-12-9(14-8)7-13(3)6-5-10-2/h10H,4-7H2,1-3H3. The van der Waals surface area contributed by atoms with Crippen LogP contribution in [0.2, 0.25) is 0 Å². The first-order valence-electron chi connectivity index (χ1n) is 4.90. The van der Waals surface area contributed by atoms with Crippen molar-refractivity contribution in [1.29, 1.82) is 0 Å². The molecule has 1 aromatic rings. The molecule has 1 heterocycles. The first-order valence-corrected chi connectivity index (χ1v) is 4.90. The van der Waals surface area contributed by atoms with Crippen LogP contribution in [-0.2, 0) is 13.0 Å². The largest absolute Gasteiger partial charge is 0.424 e. The molecule has 0 radical (unpaired) electrons. The van der Waals surface area contributed by atoms with Crippen molar-refractivity contribution in [2.45, 2.75) is 19.9 Å². The van der Waals surface area contributed by atoms with Crippen molar-refractivity contribution in [2.24, 2.45) is 0 Å². The van der Waals surface area contributed by atoms with Crippen molar-refractivity contribution in [3.05, 3.63) is 11.8 Å². The fraction of sp³-hybridized carbons (Fsp3) is 0.778. The number of hydrogen-bond acceptors (Lipinski definition) is 5. The summed E-state index contributed by atoms with van der Waals surface area (Å²) in [5.41, 5.74) is 0. The molecule has 1 N–H and O–H groups in total. The molecular formula is C9H18N4O. The van der Waals surface area contributed by atoms with Crippen molar-refractivity contribution in [1.82, 2.24) is 20.4 Å². The lowest BCUT2D eigenvalue weighted by molar-refractivity contribution is 0.286. The minimum atomic E-state index is 0.695. The molecule has 1 rings (SSSR count). The molecule has 0 aliphatic rings. The van der Waals surface area contributed by atoms with Crippen LogP contribution in [0.5, 0.6) is 0 Å². The van der Waals surface area contributed by atoms with Gasteiger partial charge in [0, 0.05) is 19.5 Å². The predicted octanol–water partition coefficient (Wildman–Crippen LogP) is 0.283. The summed E-state index contributed by atoms with van der Waals surface area (Å²) < 4.78 is 5.40. The van der Waals surface area contributed by atoms with Gasteiger partial charge in [-0.25, -0.2) is 0 Å². The van der Waals surface area contributed by atoms with E-state index >= 15 is 0 Å². The van der Waals surface area contributed by atoms with Crippen LogP contribution < -0.4 is 5.32 Å². The van der Waals surface area contributed by atoms with E-state index in [-0.39, 0.29) is 0 Å². The molecule has 80 valence electrons. The van der Waals surface area contributed by atoms with Gasteiger partial charge in [0.05, 0.1) is 6.54 Å². The quantitative estimate of drug-likeness (QED) is 0.711. The van der Waals surface area contributed by atoms with Gasteiger partial charge in [-0.15, -0.1) is 10.2 Å². The van der Waals surface area contributed by atoms with Crippen LogP contribution in [-0.4, -0.2) is 42.3 Å². The van der Waals surface area contributed by atoms with E-state index in [0.717, 1.165) is 19.5 Å². The van der Waals surface area contributed by atoms with E-state index in [1.165, 1.54) is 0 Å². The predicted molar refractivity (Wildman–Crippen MR) is 53.9 cm³/mol. The molecule has 5 heteroatoms. The van der Waals surface area contributed by atoms with Gasteiger partial charge in [-0.3, -0.25) is 4.90 Å². The van der Waals surface area contributed by atoms with Gasteiger partial charge in [0.15, 0.2) is 0 Å². The Balaban J connectivity index is 2.35. The average Bonchev–Trinajstić information content (AvgIpc) is 2.62. The Labute approximate surface area is 84.5 Å². The van der Waals surface area contributed by atoms with Gasteiger partial charge in [-0.2, -0.15) is 0 Å². The summed E-state index contributed by atoms with van der Waals surface area (Å²) in [5.74, 6) is 1.41. The van der Waals surface area contributed by atoms with E-state index < -0.39 is 0 Å². The van der Waals surface area contributed by atoms with E-state index in [0.29, 0.717) is 18.3 Å². The zero-order chi connectivity index (χ0) is 10.4. The fourth-order valence-electron chi connectivity index (χ4n) is 1.11. The van der Waals surface area contributed by atoms with Crippen LogP contribution in [0.4, 0.5) is 0 Å². The lowest BCUT2D eigenvalue weighted by Gasteiger charge is -2.12. The molecule has 0 aliphatic carbocycles. The molecule has 0 aromatic carbocycles. The summed E-state index contributed by atoms with van der Waals surface area (Å²) in [7, 11) is 3.98. The smallest absolute Gasteiger partial charge is 0.230 e. The summed E-state index contributed by atoms with van der Waals surface area (Å²) in [6.45, 7) is 4.66. The molecule has 14 heavy (non-hydrogen) atoms. The Morgan fingerprint density at radius 1 is 1.36 bits per heavy atom. The molecule has 0 amide bonds. The topological polar surface area (TPSA) is 54.2 Å². The molecule has 0 bridgehead atoms. The highest BCUT2D eigenvalue weighted by Gasteiger charge is 2.06. The fourth-order valence-corrected chi connectivity index (χ4v) is 1.11. The molecule has 0 atom stereocenters. The molecule has 0 saturated carbocycles. The number of likely N-dealkylation sites (N-methyl/N-ethyl adjacent to an activating group) is 2. The summed E-state index contributed by atoms with van der Waals surface area (Å²) in [4.78, 5) is 2.14. The second-order valence-electron chi connectivity index (χ2n) is 3.28. The first kappa shape index (κ1) is 11.1. The molecule has 0 aliphatic heterocycles. The molecule has 0 spiro atoms. The average molecular weight is 198 g/mol. The van der Waals surface area contributed by atoms with Crippen molar-refractivity contribution < 1.29 is 4.42 Å². The molecule has 0 fully saturated rings. The lowest BCUT2D eigenvalue weighted by Crippen LogP contribution is -2.27. The number of nitrogens with zero attached hydrogens (tertiary/aromatic N) is 3. The summed E-state index contributed by atoms with van der Waals surface area (Å²) in [6, 6.07) is 0. The van der Waals surface area contributed by atoms with E-state index in [9.17, 15) is 0 Å². The minimum Gasteiger partial charge on any atom is -0.424 e. The monoisotopic (exact) mass is 198 g/mol. The molecule has 0 unspecified atom stereocenters. The van der Waals surface area contributed by atoms with Gasteiger partial charge >= 0.3 is 0 Å². The highest BCUT2D eigenvalue weighted by atomic mass is 16.4. The van der Waals surface area contributed by atoms with Crippen molar-refractivity contribution >= 4 is 0 Å². The van der Waals surface area contributed by atoms with Crippen LogP contribution in [0.25, 0.3) is 0 Å². The third kappa shape index (κ3) is 3.43. The van der Waals surface area contributed by atoms with Crippen molar-refractivity contribution in [3.63, 3.8) is 0 Å². The van der Waals surface area contributed by atoms with Crippen molar-refractivity contribution in [3.8, 4) is 0 Å². The second kappa shape index (κ2) is 5.72. The van der Waals surface area contributed by atoms with E-state index in [2.05, 4.69) is 20.4 Å². The Morgan fingerprint density at radius 2 is 2.07 bits per heavy atom. The zero-order valence-electron chi connectivity index (χ0n) is 9.08. The number of aromatic nitrogens is 2. The number of nitrogens with one attached hydrogen (secondary N) is 1. The van der Waals surface area contributed by atoms with E-state index in [1.807, 2.05) is 21.0 Å². The summed E-state index contributed by atoms with van der Waals surface area (Å²) in [6.07, 6.45) is 0.799. The minimum absolute atomic E-state index is 0.695. The maximum atomic E-state index is 5.40. The van der Waals surface area contributed by atoms with Crippen LogP contribution in [0.1, 0.15) is 18.7 Å². The maximum absolute atomic E-state index is 5.40. The zero-order valence-corrected chi connectivity index (χ0v) is 9.08. The third-order valence-corrected chi connectivity index (χ3v) is 1.96. The molecule has 0 saturated heterocycles. The van der Waals surface area contributed by atoms with Crippen LogP contribution in [0.15, 0.2) is 4.42 Å². The Hall–Kier alpha value is -0.940. The van der Waals surface area contributed by atoms with Crippen molar-refractivity contribution in [2.75, 3.05) is 27.2 Å². The van der Waals surface area contributed by atoms with E-state index in [1.54, 1.807) is 0 Å². The van der Waals surface area contributed by atoms with Gasteiger partial charge < -0.3 is 9.73 Å². The summed E-state index contributed by atoms with van der Waals surface area (Å²) >= 11 is 0. The van der Waals surface area contributed by atoms with Crippen LogP contribution >= 0.6 is 0 Å². The lowest BCUT2D eigenvalue weighted by atomic mass is 10.5. The third-order valence-electron chi connectivity index (χ3n) is 1.96. The molecule has 1 aromatic heterocycles. The van der Waals surface area contributed by atoms with Crippen LogP contribution in [0, 0.1) is 0 Å². The van der Waals surface area contributed by atoms with Gasteiger partial charge in [0.1, 0.15) is 0 Å². The molecular weight excluding hydrogens is 180 g/mol.